The van der Waals surface area contributed by atoms with Crippen molar-refractivity contribution >= 4 is 5.91 Å². The Hall–Kier alpha value is -1.35. The van der Waals surface area contributed by atoms with Crippen molar-refractivity contribution in [1.82, 2.24) is 4.90 Å². The van der Waals surface area contributed by atoms with Crippen LogP contribution in [0, 0.1) is 5.92 Å². The van der Waals surface area contributed by atoms with Crippen molar-refractivity contribution in [2.45, 2.75) is 50.0 Å². The molecule has 1 aromatic carbocycles. The largest absolute Gasteiger partial charge is 0.342 e. The van der Waals surface area contributed by atoms with Gasteiger partial charge in [0.2, 0.25) is 5.91 Å². The predicted molar refractivity (Wildman–Crippen MR) is 84.9 cm³/mol. The Morgan fingerprint density at radius 2 is 1.90 bits per heavy atom. The topological polar surface area (TPSA) is 46.3 Å². The molecule has 2 fully saturated rings. The van der Waals surface area contributed by atoms with Crippen LogP contribution in [0.25, 0.3) is 0 Å². The second kappa shape index (κ2) is 5.80. The van der Waals surface area contributed by atoms with E-state index in [0.717, 1.165) is 25.7 Å². The lowest BCUT2D eigenvalue weighted by Gasteiger charge is -2.39. The number of nitrogens with zero attached hydrogens (tertiary/aromatic N) is 1. The number of benzene rings is 1. The van der Waals surface area contributed by atoms with Gasteiger partial charge in [-0.05, 0) is 43.7 Å². The maximum atomic E-state index is 13.1. The fourth-order valence-electron chi connectivity index (χ4n) is 3.97. The highest BCUT2D eigenvalue weighted by Crippen LogP contribution is 2.50. The van der Waals surface area contributed by atoms with Crippen LogP contribution in [0.3, 0.4) is 0 Å². The Bertz CT molecular complexity index is 495. The molecule has 3 nitrogen and oxygen atoms in total. The Morgan fingerprint density at radius 3 is 2.52 bits per heavy atom. The van der Waals surface area contributed by atoms with Gasteiger partial charge >= 0.3 is 0 Å². The van der Waals surface area contributed by atoms with Gasteiger partial charge in [0, 0.05) is 13.1 Å². The van der Waals surface area contributed by atoms with Gasteiger partial charge in [0.15, 0.2) is 0 Å². The minimum absolute atomic E-state index is 0.243. The summed E-state index contributed by atoms with van der Waals surface area (Å²) in [5, 5.41) is 0. The molecule has 2 N–H and O–H groups in total. The minimum atomic E-state index is -0.243. The maximum absolute atomic E-state index is 13.1. The fourth-order valence-corrected chi connectivity index (χ4v) is 3.97. The van der Waals surface area contributed by atoms with E-state index >= 15 is 0 Å². The second-order valence-electron chi connectivity index (χ2n) is 6.71. The molecule has 1 amide bonds. The summed E-state index contributed by atoms with van der Waals surface area (Å²) in [4.78, 5) is 15.1. The number of nitrogens with two attached hydrogens (primary N) is 1. The first-order chi connectivity index (χ1) is 10.2. The number of carbonyl (C=O) groups is 1. The highest BCUT2D eigenvalue weighted by Gasteiger charge is 2.53. The normalized spacial score (nSPS) is 27.1. The first-order valence-electron chi connectivity index (χ1n) is 8.22. The van der Waals surface area contributed by atoms with Crippen molar-refractivity contribution in [3.8, 4) is 0 Å². The van der Waals surface area contributed by atoms with Crippen LogP contribution in [0.15, 0.2) is 30.3 Å². The lowest BCUT2D eigenvalue weighted by molar-refractivity contribution is -0.136. The Balaban J connectivity index is 1.78. The molecule has 2 saturated carbocycles. The van der Waals surface area contributed by atoms with E-state index in [-0.39, 0.29) is 5.41 Å². The van der Waals surface area contributed by atoms with Gasteiger partial charge in [-0.3, -0.25) is 4.79 Å². The summed E-state index contributed by atoms with van der Waals surface area (Å²) in [6.07, 6.45) is 6.72. The number of rotatable bonds is 4. The second-order valence-corrected chi connectivity index (χ2v) is 6.71. The fraction of sp³-hybridized carbons (Fsp3) is 0.611. The first kappa shape index (κ1) is 14.6. The van der Waals surface area contributed by atoms with Crippen molar-refractivity contribution < 1.29 is 4.79 Å². The van der Waals surface area contributed by atoms with Crippen LogP contribution in [0.5, 0.6) is 0 Å². The van der Waals surface area contributed by atoms with Crippen LogP contribution in [0.2, 0.25) is 0 Å². The van der Waals surface area contributed by atoms with E-state index in [0.29, 0.717) is 24.4 Å². The molecule has 3 heteroatoms. The Morgan fingerprint density at radius 1 is 1.24 bits per heavy atom. The van der Waals surface area contributed by atoms with Crippen molar-refractivity contribution in [2.24, 2.45) is 11.7 Å². The lowest BCUT2D eigenvalue weighted by Crippen LogP contribution is -2.49. The first-order valence-corrected chi connectivity index (χ1v) is 8.22. The molecule has 114 valence electrons. The quantitative estimate of drug-likeness (QED) is 0.925. The molecule has 0 aliphatic heterocycles. The van der Waals surface area contributed by atoms with E-state index in [9.17, 15) is 4.79 Å². The predicted octanol–water partition coefficient (Wildman–Crippen LogP) is 2.69. The molecule has 21 heavy (non-hydrogen) atoms. The van der Waals surface area contributed by atoms with E-state index in [1.54, 1.807) is 0 Å². The van der Waals surface area contributed by atoms with Crippen LogP contribution in [0.1, 0.15) is 44.1 Å². The molecule has 0 bridgehead atoms. The van der Waals surface area contributed by atoms with Crippen molar-refractivity contribution in [1.29, 1.82) is 0 Å². The number of hydrogen-bond acceptors (Lipinski definition) is 2. The Kier molecular flexibility index (Phi) is 4.03. The monoisotopic (exact) mass is 286 g/mol. The standard InChI is InChI=1S/C18H26N2O/c1-20(16-10-6-5-7-14(16)13-19)17(21)18(11-12-18)15-8-3-2-4-9-15/h2-4,8-9,14,16H,5-7,10-13,19H2,1H3. The molecule has 2 unspecified atom stereocenters. The summed E-state index contributed by atoms with van der Waals surface area (Å²) in [6, 6.07) is 10.6. The smallest absolute Gasteiger partial charge is 0.233 e. The third-order valence-electron chi connectivity index (χ3n) is 5.48. The number of carbonyl (C=O) groups excluding carboxylic acids is 1. The molecule has 2 atom stereocenters. The highest BCUT2D eigenvalue weighted by atomic mass is 16.2. The molecule has 3 rings (SSSR count). The van der Waals surface area contributed by atoms with E-state index in [1.165, 1.54) is 18.4 Å². The highest BCUT2D eigenvalue weighted by molar-refractivity contribution is 5.91. The average Bonchev–Trinajstić information content (AvgIpc) is 3.36. The van der Waals surface area contributed by atoms with E-state index < -0.39 is 0 Å². The molecular formula is C18H26N2O. The molecule has 2 aliphatic carbocycles. The van der Waals surface area contributed by atoms with Crippen LogP contribution >= 0.6 is 0 Å². The molecule has 2 aliphatic rings. The summed E-state index contributed by atoms with van der Waals surface area (Å²) < 4.78 is 0. The zero-order valence-corrected chi connectivity index (χ0v) is 12.9. The van der Waals surface area contributed by atoms with Crippen molar-refractivity contribution in [3.63, 3.8) is 0 Å². The third-order valence-corrected chi connectivity index (χ3v) is 5.48. The van der Waals surface area contributed by atoms with Gasteiger partial charge in [-0.15, -0.1) is 0 Å². The summed E-state index contributed by atoms with van der Waals surface area (Å²) in [5.41, 5.74) is 6.87. The van der Waals surface area contributed by atoms with Gasteiger partial charge in [0.05, 0.1) is 5.41 Å². The zero-order chi connectivity index (χ0) is 14.9. The summed E-state index contributed by atoms with van der Waals surface area (Å²) >= 11 is 0. The minimum Gasteiger partial charge on any atom is -0.342 e. The van der Waals surface area contributed by atoms with Gasteiger partial charge in [-0.2, -0.15) is 0 Å². The lowest BCUT2D eigenvalue weighted by atomic mass is 9.82. The Labute approximate surface area is 127 Å². The van der Waals surface area contributed by atoms with Gasteiger partial charge in [0.1, 0.15) is 0 Å². The average molecular weight is 286 g/mol. The maximum Gasteiger partial charge on any atom is 0.233 e. The SMILES string of the molecule is CN(C(=O)C1(c2ccccc2)CC1)C1CCCCC1CN. The molecular weight excluding hydrogens is 260 g/mol. The van der Waals surface area contributed by atoms with Crippen LogP contribution in [-0.2, 0) is 10.2 Å². The number of amides is 1. The molecule has 0 spiro atoms. The van der Waals surface area contributed by atoms with Crippen molar-refractivity contribution in [3.05, 3.63) is 35.9 Å². The molecule has 0 saturated heterocycles. The van der Waals surface area contributed by atoms with Gasteiger partial charge < -0.3 is 10.6 Å². The van der Waals surface area contributed by atoms with E-state index in [2.05, 4.69) is 12.1 Å². The number of likely N-dealkylation sites (N-methyl/N-ethyl adjacent to an activating group) is 1. The zero-order valence-electron chi connectivity index (χ0n) is 12.9. The summed E-state index contributed by atoms with van der Waals surface area (Å²) in [6.45, 7) is 0.695. The van der Waals surface area contributed by atoms with E-state index in [1.807, 2.05) is 30.1 Å². The third kappa shape index (κ3) is 2.59. The molecule has 0 heterocycles. The molecule has 0 aromatic heterocycles. The molecule has 1 aromatic rings. The van der Waals surface area contributed by atoms with Crippen LogP contribution < -0.4 is 5.73 Å². The molecule has 0 radical (unpaired) electrons. The van der Waals surface area contributed by atoms with Crippen LogP contribution in [0.4, 0.5) is 0 Å². The van der Waals surface area contributed by atoms with Gasteiger partial charge in [-0.25, -0.2) is 0 Å². The van der Waals surface area contributed by atoms with E-state index in [4.69, 9.17) is 5.73 Å². The van der Waals surface area contributed by atoms with Gasteiger partial charge in [0.25, 0.3) is 0 Å². The number of hydrogen-bond donors (Lipinski definition) is 1. The summed E-state index contributed by atoms with van der Waals surface area (Å²) in [7, 11) is 1.99. The van der Waals surface area contributed by atoms with Crippen LogP contribution in [-0.4, -0.2) is 30.4 Å². The van der Waals surface area contributed by atoms with Gasteiger partial charge in [-0.1, -0.05) is 43.2 Å². The summed E-state index contributed by atoms with van der Waals surface area (Å²) in [5.74, 6) is 0.776. The van der Waals surface area contributed by atoms with Crippen molar-refractivity contribution in [2.75, 3.05) is 13.6 Å².